The summed E-state index contributed by atoms with van der Waals surface area (Å²) in [5.41, 5.74) is 0.938. The molecule has 1 aliphatic heterocycles. The molecule has 0 aromatic heterocycles. The van der Waals surface area contributed by atoms with E-state index in [0.717, 1.165) is 17.2 Å². The van der Waals surface area contributed by atoms with Crippen molar-refractivity contribution < 1.29 is 13.9 Å². The van der Waals surface area contributed by atoms with Gasteiger partial charge in [-0.3, -0.25) is 4.39 Å². The van der Waals surface area contributed by atoms with Gasteiger partial charge in [0.15, 0.2) is 11.5 Å². The molecular weight excluding hydrogens is 197 g/mol. The summed E-state index contributed by atoms with van der Waals surface area (Å²) in [6.45, 7) is 1.52. The Balaban J connectivity index is 2.00. The molecule has 0 saturated heterocycles. The van der Waals surface area contributed by atoms with Crippen LogP contribution in [-0.2, 0) is 0 Å². The highest BCUT2D eigenvalue weighted by Crippen LogP contribution is 2.32. The summed E-state index contributed by atoms with van der Waals surface area (Å²) in [7, 11) is 0. The summed E-state index contributed by atoms with van der Waals surface area (Å²) in [5.74, 6) is 1.53. The van der Waals surface area contributed by atoms with Crippen molar-refractivity contribution in [3.63, 3.8) is 0 Å². The van der Waals surface area contributed by atoms with Gasteiger partial charge in [-0.2, -0.15) is 0 Å². The first-order chi connectivity index (χ1) is 7.40. The number of halogens is 1. The molecule has 4 heteroatoms. The summed E-state index contributed by atoms with van der Waals surface area (Å²) in [4.78, 5) is 0. The average molecular weight is 211 g/mol. The van der Waals surface area contributed by atoms with Gasteiger partial charge < -0.3 is 14.8 Å². The summed E-state index contributed by atoms with van der Waals surface area (Å²) >= 11 is 0. The third-order valence-electron chi connectivity index (χ3n) is 2.18. The fourth-order valence-electron chi connectivity index (χ4n) is 1.45. The van der Waals surface area contributed by atoms with Crippen LogP contribution in [0.25, 0.3) is 0 Å². The van der Waals surface area contributed by atoms with Crippen molar-refractivity contribution in [2.45, 2.75) is 6.42 Å². The van der Waals surface area contributed by atoms with Crippen LogP contribution in [0.2, 0.25) is 0 Å². The molecule has 15 heavy (non-hydrogen) atoms. The zero-order valence-corrected chi connectivity index (χ0v) is 8.46. The van der Waals surface area contributed by atoms with Crippen molar-refractivity contribution in [1.29, 1.82) is 0 Å². The lowest BCUT2D eigenvalue weighted by atomic mass is 10.2. The standard InChI is InChI=1S/C11H14FNO2/c12-4-1-5-13-9-2-3-10-11(8-9)15-7-6-14-10/h2-3,8,13H,1,4-7H2. The van der Waals surface area contributed by atoms with Crippen LogP contribution in [0.3, 0.4) is 0 Å². The van der Waals surface area contributed by atoms with E-state index in [1.807, 2.05) is 18.2 Å². The van der Waals surface area contributed by atoms with Gasteiger partial charge in [-0.1, -0.05) is 0 Å². The topological polar surface area (TPSA) is 30.5 Å². The van der Waals surface area contributed by atoms with Gasteiger partial charge in [0.05, 0.1) is 6.67 Å². The monoisotopic (exact) mass is 211 g/mol. The van der Waals surface area contributed by atoms with Crippen LogP contribution < -0.4 is 14.8 Å². The maximum Gasteiger partial charge on any atom is 0.163 e. The van der Waals surface area contributed by atoms with Crippen LogP contribution >= 0.6 is 0 Å². The Morgan fingerprint density at radius 1 is 1.20 bits per heavy atom. The molecule has 3 nitrogen and oxygen atoms in total. The molecule has 0 bridgehead atoms. The number of alkyl halides is 1. The quantitative estimate of drug-likeness (QED) is 0.775. The lowest BCUT2D eigenvalue weighted by Gasteiger charge is -2.19. The Kier molecular flexibility index (Phi) is 3.27. The minimum atomic E-state index is -0.294. The van der Waals surface area contributed by atoms with Gasteiger partial charge in [0.25, 0.3) is 0 Å². The number of hydrogen-bond donors (Lipinski definition) is 1. The van der Waals surface area contributed by atoms with E-state index >= 15 is 0 Å². The highest BCUT2D eigenvalue weighted by atomic mass is 19.1. The Bertz CT molecular complexity index is 330. The molecule has 2 rings (SSSR count). The van der Waals surface area contributed by atoms with Gasteiger partial charge in [0.1, 0.15) is 13.2 Å². The van der Waals surface area contributed by atoms with Gasteiger partial charge in [0, 0.05) is 18.3 Å². The van der Waals surface area contributed by atoms with Gasteiger partial charge in [-0.05, 0) is 18.6 Å². The lowest BCUT2D eigenvalue weighted by Crippen LogP contribution is -2.15. The van der Waals surface area contributed by atoms with Crippen molar-refractivity contribution in [3.8, 4) is 11.5 Å². The van der Waals surface area contributed by atoms with Crippen molar-refractivity contribution in [3.05, 3.63) is 18.2 Å². The van der Waals surface area contributed by atoms with Crippen molar-refractivity contribution in [2.75, 3.05) is 31.7 Å². The molecule has 0 radical (unpaired) electrons. The fourth-order valence-corrected chi connectivity index (χ4v) is 1.45. The second-order valence-corrected chi connectivity index (χ2v) is 3.33. The van der Waals surface area contributed by atoms with E-state index < -0.39 is 0 Å². The summed E-state index contributed by atoms with van der Waals surface area (Å²) in [6, 6.07) is 5.66. The summed E-state index contributed by atoms with van der Waals surface area (Å²) in [6.07, 6.45) is 0.522. The van der Waals surface area contributed by atoms with E-state index in [-0.39, 0.29) is 6.67 Å². The zero-order chi connectivity index (χ0) is 10.5. The van der Waals surface area contributed by atoms with E-state index in [1.165, 1.54) is 0 Å². The SMILES string of the molecule is FCCCNc1ccc2c(c1)OCCO2. The Labute approximate surface area is 88.2 Å². The van der Waals surface area contributed by atoms with Gasteiger partial charge in [0.2, 0.25) is 0 Å². The van der Waals surface area contributed by atoms with E-state index in [4.69, 9.17) is 9.47 Å². The average Bonchev–Trinajstić information content (AvgIpc) is 2.29. The molecule has 1 aromatic carbocycles. The second kappa shape index (κ2) is 4.87. The molecule has 1 heterocycles. The van der Waals surface area contributed by atoms with Crippen LogP contribution in [-0.4, -0.2) is 26.4 Å². The fraction of sp³-hybridized carbons (Fsp3) is 0.455. The number of benzene rings is 1. The predicted molar refractivity (Wildman–Crippen MR) is 56.5 cm³/mol. The molecular formula is C11H14FNO2. The van der Waals surface area contributed by atoms with Crippen LogP contribution in [0.1, 0.15) is 6.42 Å². The number of fused-ring (bicyclic) bond motifs is 1. The molecule has 1 N–H and O–H groups in total. The van der Waals surface area contributed by atoms with E-state index in [0.29, 0.717) is 26.2 Å². The number of nitrogens with one attached hydrogen (secondary N) is 1. The van der Waals surface area contributed by atoms with Gasteiger partial charge in [-0.25, -0.2) is 0 Å². The smallest absolute Gasteiger partial charge is 0.163 e. The largest absolute Gasteiger partial charge is 0.486 e. The highest BCUT2D eigenvalue weighted by molar-refractivity contribution is 5.55. The predicted octanol–water partition coefficient (Wildman–Crippen LogP) is 2.23. The molecule has 82 valence electrons. The maximum absolute atomic E-state index is 11.9. The number of anilines is 1. The van der Waals surface area contributed by atoms with Crippen molar-refractivity contribution >= 4 is 5.69 Å². The molecule has 0 atom stereocenters. The van der Waals surface area contributed by atoms with Gasteiger partial charge in [-0.15, -0.1) is 0 Å². The Hall–Kier alpha value is -1.45. The molecule has 0 aliphatic carbocycles. The maximum atomic E-state index is 11.9. The van der Waals surface area contributed by atoms with Crippen molar-refractivity contribution in [2.24, 2.45) is 0 Å². The van der Waals surface area contributed by atoms with Crippen LogP contribution in [0.4, 0.5) is 10.1 Å². The van der Waals surface area contributed by atoms with Crippen LogP contribution in [0.5, 0.6) is 11.5 Å². The summed E-state index contributed by atoms with van der Waals surface area (Å²) in [5, 5.41) is 3.12. The van der Waals surface area contributed by atoms with Gasteiger partial charge >= 0.3 is 0 Å². The van der Waals surface area contributed by atoms with Crippen LogP contribution in [0, 0.1) is 0 Å². The third kappa shape index (κ3) is 2.52. The zero-order valence-electron chi connectivity index (χ0n) is 8.46. The van der Waals surface area contributed by atoms with Crippen molar-refractivity contribution in [1.82, 2.24) is 0 Å². The number of hydrogen-bond acceptors (Lipinski definition) is 3. The molecule has 0 amide bonds. The Morgan fingerprint density at radius 3 is 2.80 bits per heavy atom. The molecule has 1 aliphatic rings. The second-order valence-electron chi connectivity index (χ2n) is 3.33. The number of ether oxygens (including phenoxy) is 2. The van der Waals surface area contributed by atoms with E-state index in [2.05, 4.69) is 5.32 Å². The Morgan fingerprint density at radius 2 is 2.00 bits per heavy atom. The first-order valence-corrected chi connectivity index (χ1v) is 5.09. The lowest BCUT2D eigenvalue weighted by molar-refractivity contribution is 0.171. The summed E-state index contributed by atoms with van der Waals surface area (Å²) < 4.78 is 22.7. The first-order valence-electron chi connectivity index (χ1n) is 5.09. The van der Waals surface area contributed by atoms with E-state index in [9.17, 15) is 4.39 Å². The van der Waals surface area contributed by atoms with Crippen LogP contribution in [0.15, 0.2) is 18.2 Å². The van der Waals surface area contributed by atoms with E-state index in [1.54, 1.807) is 0 Å². The first kappa shape index (κ1) is 10.1. The molecule has 1 aromatic rings. The molecule has 0 saturated carbocycles. The third-order valence-corrected chi connectivity index (χ3v) is 2.18. The normalized spacial score (nSPS) is 13.7. The molecule has 0 fully saturated rings. The number of rotatable bonds is 4. The molecule has 0 spiro atoms. The molecule has 0 unspecified atom stereocenters. The minimum absolute atomic E-state index is 0.294. The highest BCUT2D eigenvalue weighted by Gasteiger charge is 2.11. The minimum Gasteiger partial charge on any atom is -0.486 e.